The molecule has 1 aromatic rings. The molecule has 1 rings (SSSR count). The van der Waals surface area contributed by atoms with Gasteiger partial charge in [0.05, 0.1) is 12.1 Å². The van der Waals surface area contributed by atoms with Crippen molar-refractivity contribution in [2.24, 2.45) is 0 Å². The van der Waals surface area contributed by atoms with E-state index in [1.54, 1.807) is 26.0 Å². The van der Waals surface area contributed by atoms with E-state index < -0.39 is 10.1 Å². The van der Waals surface area contributed by atoms with Crippen LogP contribution in [0.1, 0.15) is 11.1 Å². The molecule has 0 saturated heterocycles. The van der Waals surface area contributed by atoms with Crippen molar-refractivity contribution in [2.75, 3.05) is 7.18 Å². The molecule has 0 saturated carbocycles. The number of benzene rings is 1. The summed E-state index contributed by atoms with van der Waals surface area (Å²) in [6, 6.07) is 4.91. The Morgan fingerprint density at radius 3 is 2.07 bits per heavy atom. The van der Waals surface area contributed by atoms with Crippen molar-refractivity contribution in [1.29, 1.82) is 0 Å². The third-order valence-corrected chi connectivity index (χ3v) is 2.62. The number of alkyl halides is 1. The molecule has 0 amide bonds. The maximum atomic E-state index is 10.8. The Hall–Kier alpha value is -0.940. The minimum atomic E-state index is -4.06. The van der Waals surface area contributed by atoms with Gasteiger partial charge in [0.25, 0.3) is 10.1 Å². The second-order valence-electron chi connectivity index (χ2n) is 2.74. The van der Waals surface area contributed by atoms with Gasteiger partial charge in [-0.2, -0.15) is 8.42 Å². The van der Waals surface area contributed by atoms with Crippen molar-refractivity contribution < 1.29 is 17.4 Å². The highest BCUT2D eigenvalue weighted by Crippen LogP contribution is 2.15. The van der Waals surface area contributed by atoms with Gasteiger partial charge < -0.3 is 0 Å². The Bertz CT molecular complexity index is 399. The maximum Gasteiger partial charge on any atom is 0.294 e. The van der Waals surface area contributed by atoms with Crippen LogP contribution in [0.5, 0.6) is 0 Å². The lowest BCUT2D eigenvalue weighted by Gasteiger charge is -2.02. The van der Waals surface area contributed by atoms with Crippen LogP contribution in [-0.4, -0.2) is 20.1 Å². The molecule has 5 heteroatoms. The van der Waals surface area contributed by atoms with Crippen LogP contribution in [0.25, 0.3) is 0 Å². The average molecular weight is 220 g/mol. The zero-order valence-electron chi connectivity index (χ0n) is 8.28. The molecule has 0 aliphatic rings. The lowest BCUT2D eigenvalue weighted by atomic mass is 10.2. The van der Waals surface area contributed by atoms with Crippen molar-refractivity contribution >= 4 is 10.1 Å². The van der Waals surface area contributed by atoms with Gasteiger partial charge in [0.1, 0.15) is 0 Å². The molecule has 0 aliphatic heterocycles. The van der Waals surface area contributed by atoms with Crippen molar-refractivity contribution in [2.45, 2.75) is 18.7 Å². The highest BCUT2D eigenvalue weighted by Gasteiger charge is 2.11. The first-order chi connectivity index (χ1) is 6.41. The number of rotatable bonds is 1. The standard InChI is InChI=1S/C8H10O3S.CH3F/c1-6-3-4-7(2)8(5-6)12(9,10)11;1-2/h3-5H,1-2H3,(H,9,10,11);1H3. The third kappa shape index (κ3) is 3.43. The Balaban J connectivity index is 0.000000791. The molecule has 1 N–H and O–H groups in total. The van der Waals surface area contributed by atoms with Gasteiger partial charge in [-0.3, -0.25) is 8.94 Å². The largest absolute Gasteiger partial charge is 0.294 e. The quantitative estimate of drug-likeness (QED) is 0.738. The normalized spacial score (nSPS) is 10.4. The molecular formula is C9H13FO3S. The van der Waals surface area contributed by atoms with Crippen LogP contribution in [0.15, 0.2) is 23.1 Å². The summed E-state index contributed by atoms with van der Waals surface area (Å²) in [4.78, 5) is -0.0116. The predicted octanol–water partition coefficient (Wildman–Crippen LogP) is 2.14. The lowest BCUT2D eigenvalue weighted by Crippen LogP contribution is -2.00. The molecule has 3 nitrogen and oxygen atoms in total. The zero-order chi connectivity index (χ0) is 11.4. The molecule has 0 heterocycles. The monoisotopic (exact) mass is 220 g/mol. The van der Waals surface area contributed by atoms with E-state index in [1.807, 2.05) is 0 Å². The van der Waals surface area contributed by atoms with Gasteiger partial charge in [-0.05, 0) is 31.0 Å². The smallest absolute Gasteiger partial charge is 0.282 e. The Kier molecular flexibility index (Phi) is 4.73. The highest BCUT2D eigenvalue weighted by molar-refractivity contribution is 7.85. The first-order valence-electron chi connectivity index (χ1n) is 3.84. The van der Waals surface area contributed by atoms with Crippen molar-refractivity contribution in [3.8, 4) is 0 Å². The second-order valence-corrected chi connectivity index (χ2v) is 4.13. The summed E-state index contributed by atoms with van der Waals surface area (Å²) in [7, 11) is -3.56. The number of aryl methyl sites for hydroxylation is 2. The van der Waals surface area contributed by atoms with Crippen LogP contribution < -0.4 is 0 Å². The first-order valence-corrected chi connectivity index (χ1v) is 5.28. The van der Waals surface area contributed by atoms with Crippen molar-refractivity contribution in [3.63, 3.8) is 0 Å². The molecule has 0 aliphatic carbocycles. The fraction of sp³-hybridized carbons (Fsp3) is 0.333. The van der Waals surface area contributed by atoms with E-state index in [-0.39, 0.29) is 4.90 Å². The molecule has 0 spiro atoms. The average Bonchev–Trinajstić information content (AvgIpc) is 2.11. The molecule has 1 aromatic carbocycles. The fourth-order valence-corrected chi connectivity index (χ4v) is 1.79. The molecule has 14 heavy (non-hydrogen) atoms. The summed E-state index contributed by atoms with van der Waals surface area (Å²) in [6.45, 7) is 3.41. The van der Waals surface area contributed by atoms with Gasteiger partial charge in [0, 0.05) is 0 Å². The summed E-state index contributed by atoms with van der Waals surface area (Å²) in [5.41, 5.74) is 1.37. The Labute approximate surface area is 83.3 Å². The summed E-state index contributed by atoms with van der Waals surface area (Å²) in [6.07, 6.45) is 0. The number of halogens is 1. The fourth-order valence-electron chi connectivity index (χ4n) is 0.985. The second kappa shape index (κ2) is 5.07. The van der Waals surface area contributed by atoms with Crippen LogP contribution in [0, 0.1) is 13.8 Å². The van der Waals surface area contributed by atoms with E-state index >= 15 is 0 Å². The Morgan fingerprint density at radius 2 is 1.71 bits per heavy atom. The summed E-state index contributed by atoms with van der Waals surface area (Å²) < 4.78 is 39.8. The summed E-state index contributed by atoms with van der Waals surface area (Å²) >= 11 is 0. The van der Waals surface area contributed by atoms with Gasteiger partial charge >= 0.3 is 0 Å². The van der Waals surface area contributed by atoms with Gasteiger partial charge in [0.2, 0.25) is 0 Å². The van der Waals surface area contributed by atoms with Gasteiger partial charge in [-0.15, -0.1) is 0 Å². The molecule has 0 fully saturated rings. The molecule has 0 atom stereocenters. The number of hydrogen-bond acceptors (Lipinski definition) is 2. The van der Waals surface area contributed by atoms with Crippen LogP contribution in [-0.2, 0) is 10.1 Å². The molecule has 0 unspecified atom stereocenters. The molecule has 0 radical (unpaired) electrons. The molecule has 0 bridgehead atoms. The first kappa shape index (κ1) is 13.1. The molecule has 80 valence electrons. The van der Waals surface area contributed by atoms with Crippen LogP contribution in [0.3, 0.4) is 0 Å². The van der Waals surface area contributed by atoms with Gasteiger partial charge in [0.15, 0.2) is 0 Å². The van der Waals surface area contributed by atoms with E-state index in [1.165, 1.54) is 6.07 Å². The predicted molar refractivity (Wildman–Crippen MR) is 52.8 cm³/mol. The van der Waals surface area contributed by atoms with Crippen LogP contribution >= 0.6 is 0 Å². The number of hydrogen-bond donors (Lipinski definition) is 1. The summed E-state index contributed by atoms with van der Waals surface area (Å²) in [5, 5.41) is 0. The highest BCUT2D eigenvalue weighted by atomic mass is 32.2. The van der Waals surface area contributed by atoms with Crippen molar-refractivity contribution in [3.05, 3.63) is 29.3 Å². The minimum Gasteiger partial charge on any atom is -0.282 e. The van der Waals surface area contributed by atoms with E-state index in [2.05, 4.69) is 0 Å². The van der Waals surface area contributed by atoms with Crippen LogP contribution in [0.4, 0.5) is 4.39 Å². The van der Waals surface area contributed by atoms with E-state index in [0.29, 0.717) is 12.7 Å². The maximum absolute atomic E-state index is 10.8. The SMILES string of the molecule is CF.Cc1ccc(C)c(S(=O)(=O)O)c1. The van der Waals surface area contributed by atoms with Crippen molar-refractivity contribution in [1.82, 2.24) is 0 Å². The third-order valence-electron chi connectivity index (χ3n) is 1.62. The minimum absolute atomic E-state index is 0.0116. The van der Waals surface area contributed by atoms with Crippen LogP contribution in [0.2, 0.25) is 0 Å². The van der Waals surface area contributed by atoms with E-state index in [9.17, 15) is 12.8 Å². The topological polar surface area (TPSA) is 54.4 Å². The molecule has 0 aromatic heterocycles. The Morgan fingerprint density at radius 1 is 1.21 bits per heavy atom. The zero-order valence-corrected chi connectivity index (χ0v) is 9.10. The molecular weight excluding hydrogens is 207 g/mol. The van der Waals surface area contributed by atoms with E-state index in [4.69, 9.17) is 4.55 Å². The lowest BCUT2D eigenvalue weighted by molar-refractivity contribution is 0.482. The van der Waals surface area contributed by atoms with Gasteiger partial charge in [-0.25, -0.2) is 0 Å². The summed E-state index contributed by atoms with van der Waals surface area (Å²) in [5.74, 6) is 0. The van der Waals surface area contributed by atoms with E-state index in [0.717, 1.165) is 5.56 Å². The van der Waals surface area contributed by atoms with Gasteiger partial charge in [-0.1, -0.05) is 12.1 Å².